The summed E-state index contributed by atoms with van der Waals surface area (Å²) in [4.78, 5) is 23.8. The standard InChI is InChI=1S/C16H17NO4/c1-2-9-4-3-5-10(8-9)17-15(18)13-11-6-7-12(21-11)14(13)16(19)20/h3-8,11-14H,2H2,1H3,(H,17,18)(H,19,20)/t11-,12-,13-,14+/m1/s1. The van der Waals surface area contributed by atoms with Gasteiger partial charge in [0.05, 0.1) is 18.1 Å². The Balaban J connectivity index is 1.78. The molecule has 1 aromatic carbocycles. The summed E-state index contributed by atoms with van der Waals surface area (Å²) >= 11 is 0. The van der Waals surface area contributed by atoms with Gasteiger partial charge in [0.2, 0.25) is 5.91 Å². The molecule has 110 valence electrons. The summed E-state index contributed by atoms with van der Waals surface area (Å²) < 4.78 is 5.51. The summed E-state index contributed by atoms with van der Waals surface area (Å²) in [5.41, 5.74) is 1.81. The number of rotatable bonds is 4. The Morgan fingerprint density at radius 3 is 2.62 bits per heavy atom. The number of hydrogen-bond donors (Lipinski definition) is 2. The Bertz CT molecular complexity index is 610. The van der Waals surface area contributed by atoms with Crippen LogP contribution >= 0.6 is 0 Å². The van der Waals surface area contributed by atoms with E-state index in [0.29, 0.717) is 5.69 Å². The van der Waals surface area contributed by atoms with E-state index in [-0.39, 0.29) is 5.91 Å². The third kappa shape index (κ3) is 2.45. The van der Waals surface area contributed by atoms with Crippen LogP contribution < -0.4 is 5.32 Å². The van der Waals surface area contributed by atoms with Gasteiger partial charge in [-0.15, -0.1) is 0 Å². The van der Waals surface area contributed by atoms with Crippen LogP contribution in [0.2, 0.25) is 0 Å². The second-order valence-corrected chi connectivity index (χ2v) is 5.38. The largest absolute Gasteiger partial charge is 0.481 e. The Kier molecular flexibility index (Phi) is 3.51. The smallest absolute Gasteiger partial charge is 0.310 e. The van der Waals surface area contributed by atoms with Crippen molar-refractivity contribution >= 4 is 17.6 Å². The van der Waals surface area contributed by atoms with Crippen LogP contribution in [0.25, 0.3) is 0 Å². The zero-order chi connectivity index (χ0) is 15.0. The number of hydrogen-bond acceptors (Lipinski definition) is 3. The van der Waals surface area contributed by atoms with Crippen LogP contribution in [0.15, 0.2) is 36.4 Å². The lowest BCUT2D eigenvalue weighted by atomic mass is 9.82. The highest BCUT2D eigenvalue weighted by Crippen LogP contribution is 2.39. The molecule has 0 saturated carbocycles. The molecule has 5 nitrogen and oxygen atoms in total. The minimum atomic E-state index is -0.991. The first-order valence-electron chi connectivity index (χ1n) is 7.06. The van der Waals surface area contributed by atoms with Gasteiger partial charge in [-0.1, -0.05) is 31.2 Å². The number of amides is 1. The average Bonchev–Trinajstić information content (AvgIpc) is 3.07. The van der Waals surface area contributed by atoms with Crippen molar-refractivity contribution in [3.8, 4) is 0 Å². The van der Waals surface area contributed by atoms with Crippen molar-refractivity contribution in [2.24, 2.45) is 11.8 Å². The van der Waals surface area contributed by atoms with Gasteiger partial charge in [-0.2, -0.15) is 0 Å². The first-order valence-corrected chi connectivity index (χ1v) is 7.06. The van der Waals surface area contributed by atoms with Gasteiger partial charge < -0.3 is 15.2 Å². The fourth-order valence-corrected chi connectivity index (χ4v) is 3.01. The Hall–Kier alpha value is -2.14. The maximum Gasteiger partial charge on any atom is 0.310 e. The van der Waals surface area contributed by atoms with Gasteiger partial charge in [0.15, 0.2) is 0 Å². The Morgan fingerprint density at radius 2 is 1.95 bits per heavy atom. The highest BCUT2D eigenvalue weighted by molar-refractivity contribution is 5.96. The van der Waals surface area contributed by atoms with Crippen LogP contribution in [0.5, 0.6) is 0 Å². The van der Waals surface area contributed by atoms with Crippen LogP contribution in [0.4, 0.5) is 5.69 Å². The number of aliphatic carboxylic acids is 1. The lowest BCUT2D eigenvalue weighted by Crippen LogP contribution is -2.39. The van der Waals surface area contributed by atoms with Crippen molar-refractivity contribution in [1.29, 1.82) is 0 Å². The number of aryl methyl sites for hydroxylation is 1. The first kappa shape index (κ1) is 13.8. The normalized spacial score (nSPS) is 29.6. The Morgan fingerprint density at radius 1 is 1.24 bits per heavy atom. The van der Waals surface area contributed by atoms with E-state index >= 15 is 0 Å². The van der Waals surface area contributed by atoms with Gasteiger partial charge in [-0.25, -0.2) is 0 Å². The molecule has 3 rings (SSSR count). The summed E-state index contributed by atoms with van der Waals surface area (Å²) in [6.45, 7) is 2.04. The molecule has 0 spiro atoms. The molecule has 0 aliphatic carbocycles. The minimum Gasteiger partial charge on any atom is -0.481 e. The molecule has 1 amide bonds. The quantitative estimate of drug-likeness (QED) is 0.829. The SMILES string of the molecule is CCc1cccc(NC(=O)[C@H]2[C@@H](C(=O)O)[C@H]3C=C[C@H]2O3)c1. The van der Waals surface area contributed by atoms with E-state index in [1.807, 2.05) is 25.1 Å². The lowest BCUT2D eigenvalue weighted by molar-refractivity contribution is -0.145. The molecule has 0 radical (unpaired) electrons. The van der Waals surface area contributed by atoms with Crippen molar-refractivity contribution < 1.29 is 19.4 Å². The molecule has 1 aromatic rings. The third-order valence-corrected chi connectivity index (χ3v) is 4.09. The maximum absolute atomic E-state index is 12.4. The van der Waals surface area contributed by atoms with Crippen LogP contribution in [0.3, 0.4) is 0 Å². The van der Waals surface area contributed by atoms with Crippen molar-refractivity contribution in [2.45, 2.75) is 25.6 Å². The predicted molar refractivity (Wildman–Crippen MR) is 76.9 cm³/mol. The van der Waals surface area contributed by atoms with Gasteiger partial charge in [0, 0.05) is 5.69 Å². The fraction of sp³-hybridized carbons (Fsp3) is 0.375. The van der Waals surface area contributed by atoms with Crippen LogP contribution in [0.1, 0.15) is 12.5 Å². The third-order valence-electron chi connectivity index (χ3n) is 4.09. The number of carbonyl (C=O) groups excluding carboxylic acids is 1. The van der Waals surface area contributed by atoms with Crippen molar-refractivity contribution in [3.05, 3.63) is 42.0 Å². The number of carboxylic acid groups (broad SMARTS) is 1. The predicted octanol–water partition coefficient (Wildman–Crippen LogP) is 1.84. The monoisotopic (exact) mass is 287 g/mol. The molecular weight excluding hydrogens is 270 g/mol. The van der Waals surface area contributed by atoms with Crippen LogP contribution in [0, 0.1) is 11.8 Å². The van der Waals surface area contributed by atoms with Crippen molar-refractivity contribution in [2.75, 3.05) is 5.32 Å². The second-order valence-electron chi connectivity index (χ2n) is 5.38. The first-order chi connectivity index (χ1) is 10.1. The molecule has 0 aromatic heterocycles. The number of ether oxygens (including phenoxy) is 1. The molecule has 2 heterocycles. The van der Waals surface area contributed by atoms with Gasteiger partial charge in [-0.3, -0.25) is 9.59 Å². The molecule has 5 heteroatoms. The molecule has 4 atom stereocenters. The molecule has 1 fully saturated rings. The Labute approximate surface area is 122 Å². The van der Waals surface area contributed by atoms with Gasteiger partial charge in [0.1, 0.15) is 5.92 Å². The number of fused-ring (bicyclic) bond motifs is 2. The highest BCUT2D eigenvalue weighted by Gasteiger charge is 2.53. The molecule has 1 saturated heterocycles. The molecule has 2 bridgehead atoms. The number of carboxylic acids is 1. The zero-order valence-electron chi connectivity index (χ0n) is 11.7. The second kappa shape index (κ2) is 5.33. The molecule has 0 unspecified atom stereocenters. The van der Waals surface area contributed by atoms with Crippen molar-refractivity contribution in [3.63, 3.8) is 0 Å². The zero-order valence-corrected chi connectivity index (χ0v) is 11.7. The van der Waals surface area contributed by atoms with E-state index in [2.05, 4.69) is 5.32 Å². The van der Waals surface area contributed by atoms with E-state index in [1.54, 1.807) is 18.2 Å². The van der Waals surface area contributed by atoms with E-state index in [4.69, 9.17) is 4.74 Å². The summed E-state index contributed by atoms with van der Waals surface area (Å²) in [6.07, 6.45) is 3.44. The lowest BCUT2D eigenvalue weighted by Gasteiger charge is -2.21. The number of benzene rings is 1. The van der Waals surface area contributed by atoms with E-state index in [9.17, 15) is 14.7 Å². The minimum absolute atomic E-state index is 0.299. The molecule has 2 aliphatic rings. The number of nitrogens with one attached hydrogen (secondary N) is 1. The van der Waals surface area contributed by atoms with Crippen LogP contribution in [-0.2, 0) is 20.7 Å². The van der Waals surface area contributed by atoms with E-state index in [1.165, 1.54) is 0 Å². The average molecular weight is 287 g/mol. The van der Waals surface area contributed by atoms with Gasteiger partial charge in [-0.05, 0) is 24.1 Å². The molecule has 21 heavy (non-hydrogen) atoms. The summed E-state index contributed by atoms with van der Waals surface area (Å²) in [5.74, 6) is -2.78. The number of carbonyl (C=O) groups is 2. The van der Waals surface area contributed by atoms with E-state index in [0.717, 1.165) is 12.0 Å². The van der Waals surface area contributed by atoms with Gasteiger partial charge in [0.25, 0.3) is 0 Å². The molecule has 2 N–H and O–H groups in total. The summed E-state index contributed by atoms with van der Waals surface area (Å²) in [7, 11) is 0. The molecule has 2 aliphatic heterocycles. The highest BCUT2D eigenvalue weighted by atomic mass is 16.5. The van der Waals surface area contributed by atoms with E-state index < -0.39 is 30.0 Å². The summed E-state index contributed by atoms with van der Waals surface area (Å²) in [6, 6.07) is 7.56. The maximum atomic E-state index is 12.4. The van der Waals surface area contributed by atoms with Crippen molar-refractivity contribution in [1.82, 2.24) is 0 Å². The van der Waals surface area contributed by atoms with Crippen LogP contribution in [-0.4, -0.2) is 29.2 Å². The summed E-state index contributed by atoms with van der Waals surface area (Å²) in [5, 5.41) is 12.1. The number of anilines is 1. The topological polar surface area (TPSA) is 75.6 Å². The molecular formula is C16H17NO4. The van der Waals surface area contributed by atoms with Gasteiger partial charge >= 0.3 is 5.97 Å². The fourth-order valence-electron chi connectivity index (χ4n) is 3.01.